The Labute approximate surface area is 161 Å². The number of aliphatic imine (C=N–C) groups is 1. The lowest BCUT2D eigenvalue weighted by atomic mass is 10.2. The highest BCUT2D eigenvalue weighted by molar-refractivity contribution is 7.07. The van der Waals surface area contributed by atoms with E-state index in [-0.39, 0.29) is 5.97 Å². The van der Waals surface area contributed by atoms with Crippen molar-refractivity contribution in [1.29, 1.82) is 5.41 Å². The van der Waals surface area contributed by atoms with Crippen LogP contribution in [-0.4, -0.2) is 22.5 Å². The van der Waals surface area contributed by atoms with Crippen molar-refractivity contribution in [3.05, 3.63) is 76.6 Å². The number of ether oxygens (including phenoxy) is 1. The molecule has 6 nitrogen and oxygen atoms in total. The van der Waals surface area contributed by atoms with Crippen LogP contribution in [0.15, 0.2) is 65.7 Å². The molecule has 0 spiro atoms. The molecule has 0 bridgehead atoms. The summed E-state index contributed by atoms with van der Waals surface area (Å²) in [5, 5.41) is 11.4. The number of carbonyl (C=O) groups excluding carboxylic acids is 1. The largest absolute Gasteiger partial charge is 0.462 e. The fourth-order valence-corrected chi connectivity index (χ4v) is 3.19. The van der Waals surface area contributed by atoms with Crippen molar-refractivity contribution in [2.45, 2.75) is 13.8 Å². The van der Waals surface area contributed by atoms with Crippen LogP contribution in [0.3, 0.4) is 0 Å². The Bertz CT molecular complexity index is 1000. The van der Waals surface area contributed by atoms with Crippen molar-refractivity contribution in [3.63, 3.8) is 0 Å². The van der Waals surface area contributed by atoms with Gasteiger partial charge in [-0.2, -0.15) is 0 Å². The summed E-state index contributed by atoms with van der Waals surface area (Å²) >= 11 is 1.44. The van der Waals surface area contributed by atoms with Crippen molar-refractivity contribution in [1.82, 2.24) is 3.96 Å². The molecule has 0 amide bonds. The number of hydrogen-bond donors (Lipinski definition) is 2. The molecular weight excluding hydrogens is 360 g/mol. The Balaban J connectivity index is 1.96. The second-order valence-corrected chi connectivity index (χ2v) is 6.91. The molecule has 1 heterocycles. The number of para-hydroxylation sites is 1. The fourth-order valence-electron chi connectivity index (χ4n) is 2.41. The van der Waals surface area contributed by atoms with Crippen molar-refractivity contribution in [3.8, 4) is 0 Å². The van der Waals surface area contributed by atoms with E-state index in [9.17, 15) is 4.79 Å². The van der Waals surface area contributed by atoms with Gasteiger partial charge >= 0.3 is 5.97 Å². The molecule has 0 atom stereocenters. The summed E-state index contributed by atoms with van der Waals surface area (Å²) in [6.07, 6.45) is 0. The van der Waals surface area contributed by atoms with Crippen molar-refractivity contribution in [2.24, 2.45) is 4.99 Å². The molecule has 0 radical (unpaired) electrons. The number of nitrogens with zero attached hydrogens (tertiary/aromatic N) is 2. The summed E-state index contributed by atoms with van der Waals surface area (Å²) in [6.45, 7) is 4.06. The van der Waals surface area contributed by atoms with Crippen LogP contribution in [0.2, 0.25) is 0 Å². The van der Waals surface area contributed by atoms with Crippen LogP contribution < -0.4 is 10.8 Å². The number of carbonyl (C=O) groups is 1. The first-order valence-electron chi connectivity index (χ1n) is 8.49. The number of benzene rings is 2. The minimum atomic E-state index is -0.354. The third-order valence-corrected chi connectivity index (χ3v) is 4.59. The van der Waals surface area contributed by atoms with Crippen LogP contribution in [0.4, 0.5) is 11.4 Å². The highest BCUT2D eigenvalue weighted by Gasteiger charge is 2.09. The molecular formula is C20H20N4O2S. The van der Waals surface area contributed by atoms with Gasteiger partial charge in [0.2, 0.25) is 5.96 Å². The molecule has 3 aromatic rings. The maximum absolute atomic E-state index is 11.8. The molecule has 27 heavy (non-hydrogen) atoms. The van der Waals surface area contributed by atoms with Crippen LogP contribution >= 0.6 is 11.5 Å². The Morgan fingerprint density at radius 3 is 2.48 bits per heavy atom. The summed E-state index contributed by atoms with van der Waals surface area (Å²) in [6, 6.07) is 18.3. The normalized spacial score (nSPS) is 11.3. The van der Waals surface area contributed by atoms with Gasteiger partial charge < -0.3 is 10.1 Å². The molecule has 0 fully saturated rings. The van der Waals surface area contributed by atoms with Gasteiger partial charge in [-0.05, 0) is 56.3 Å². The van der Waals surface area contributed by atoms with E-state index in [0.29, 0.717) is 29.3 Å². The number of nitrogens with one attached hydrogen (secondary N) is 2. The van der Waals surface area contributed by atoms with Crippen LogP contribution in [-0.2, 0) is 4.74 Å². The van der Waals surface area contributed by atoms with E-state index in [0.717, 1.165) is 10.6 Å². The topological polar surface area (TPSA) is 79.5 Å². The standard InChI is InChI=1S/C20H20N4O2S/c1-3-26-19(25)15-9-11-17(12-10-15)23-20(22-16-7-5-4-6-8-16)24-18(21)13-14(2)27-24/h4-13,21H,3H2,1-2H3,(H,22,23). The molecule has 3 rings (SSSR count). The van der Waals surface area contributed by atoms with Crippen molar-refractivity contribution >= 4 is 34.8 Å². The van der Waals surface area contributed by atoms with E-state index >= 15 is 0 Å². The minimum absolute atomic E-state index is 0.338. The minimum Gasteiger partial charge on any atom is -0.462 e. The Morgan fingerprint density at radius 2 is 1.89 bits per heavy atom. The number of hydrogen-bond acceptors (Lipinski definition) is 5. The average Bonchev–Trinajstić information content (AvgIpc) is 3.01. The van der Waals surface area contributed by atoms with Gasteiger partial charge in [0, 0.05) is 10.6 Å². The quantitative estimate of drug-likeness (QED) is 0.405. The van der Waals surface area contributed by atoms with E-state index < -0.39 is 0 Å². The lowest BCUT2D eigenvalue weighted by molar-refractivity contribution is 0.0526. The van der Waals surface area contributed by atoms with Gasteiger partial charge in [-0.1, -0.05) is 29.7 Å². The van der Waals surface area contributed by atoms with Crippen LogP contribution in [0.5, 0.6) is 0 Å². The summed E-state index contributed by atoms with van der Waals surface area (Å²) in [7, 11) is 0. The van der Waals surface area contributed by atoms with Gasteiger partial charge in [-0.25, -0.2) is 13.7 Å². The number of anilines is 1. The Kier molecular flexibility index (Phi) is 5.83. The van der Waals surface area contributed by atoms with E-state index in [1.807, 2.05) is 37.3 Å². The first-order valence-corrected chi connectivity index (χ1v) is 9.27. The molecule has 2 aromatic carbocycles. The average molecular weight is 380 g/mol. The molecule has 0 saturated carbocycles. The Morgan fingerprint density at radius 1 is 1.19 bits per heavy atom. The zero-order valence-electron chi connectivity index (χ0n) is 15.1. The molecule has 2 N–H and O–H groups in total. The summed E-state index contributed by atoms with van der Waals surface area (Å²) in [4.78, 5) is 17.5. The Hall–Kier alpha value is -3.19. The SMILES string of the molecule is CCOC(=O)c1ccc(N=C(Nc2ccccc2)n2sc(C)cc2=N)cc1. The number of esters is 1. The fraction of sp³-hybridized carbons (Fsp3) is 0.150. The van der Waals surface area contributed by atoms with Gasteiger partial charge in [0.1, 0.15) is 5.49 Å². The molecule has 138 valence electrons. The van der Waals surface area contributed by atoms with Gasteiger partial charge in [-0.15, -0.1) is 0 Å². The van der Waals surface area contributed by atoms with E-state index in [1.54, 1.807) is 41.2 Å². The van der Waals surface area contributed by atoms with Crippen LogP contribution in [0.25, 0.3) is 0 Å². The second kappa shape index (κ2) is 8.46. The van der Waals surface area contributed by atoms with E-state index in [4.69, 9.17) is 10.1 Å². The summed E-state index contributed by atoms with van der Waals surface area (Å²) in [5.74, 6) is 0.167. The van der Waals surface area contributed by atoms with Crippen LogP contribution in [0.1, 0.15) is 22.2 Å². The second-order valence-electron chi connectivity index (χ2n) is 5.72. The monoisotopic (exact) mass is 380 g/mol. The molecule has 0 saturated heterocycles. The van der Waals surface area contributed by atoms with Crippen molar-refractivity contribution < 1.29 is 9.53 Å². The first-order chi connectivity index (χ1) is 13.1. The predicted molar refractivity (Wildman–Crippen MR) is 108 cm³/mol. The summed E-state index contributed by atoms with van der Waals surface area (Å²) in [5.41, 5.74) is 2.37. The zero-order chi connectivity index (χ0) is 19.2. The maximum atomic E-state index is 11.8. The van der Waals surface area contributed by atoms with Gasteiger partial charge in [-0.3, -0.25) is 5.41 Å². The number of rotatable bonds is 4. The van der Waals surface area contributed by atoms with Gasteiger partial charge in [0.15, 0.2) is 0 Å². The summed E-state index contributed by atoms with van der Waals surface area (Å²) < 4.78 is 6.73. The third-order valence-electron chi connectivity index (χ3n) is 3.63. The highest BCUT2D eigenvalue weighted by Crippen LogP contribution is 2.16. The first kappa shape index (κ1) is 18.6. The zero-order valence-corrected chi connectivity index (χ0v) is 15.9. The van der Waals surface area contributed by atoms with Crippen molar-refractivity contribution in [2.75, 3.05) is 11.9 Å². The smallest absolute Gasteiger partial charge is 0.338 e. The molecule has 1 aromatic heterocycles. The number of aryl methyl sites for hydroxylation is 1. The third kappa shape index (κ3) is 4.71. The molecule has 0 unspecified atom stereocenters. The van der Waals surface area contributed by atoms with Gasteiger partial charge in [0.05, 0.1) is 17.9 Å². The number of aromatic nitrogens is 1. The van der Waals surface area contributed by atoms with E-state index in [1.165, 1.54) is 11.5 Å². The van der Waals surface area contributed by atoms with E-state index in [2.05, 4.69) is 10.3 Å². The molecule has 0 aliphatic rings. The molecule has 0 aliphatic heterocycles. The lowest BCUT2D eigenvalue weighted by Gasteiger charge is -2.10. The van der Waals surface area contributed by atoms with Gasteiger partial charge in [0.25, 0.3) is 0 Å². The molecule has 0 aliphatic carbocycles. The highest BCUT2D eigenvalue weighted by atomic mass is 32.1. The van der Waals surface area contributed by atoms with Crippen LogP contribution in [0, 0.1) is 12.3 Å². The predicted octanol–water partition coefficient (Wildman–Crippen LogP) is 4.16. The lowest BCUT2D eigenvalue weighted by Crippen LogP contribution is -2.28. The maximum Gasteiger partial charge on any atom is 0.338 e. The molecule has 7 heteroatoms.